The quantitative estimate of drug-likeness (QED) is 0.162. The molecule has 0 unspecified atom stereocenters. The van der Waals surface area contributed by atoms with Gasteiger partial charge in [-0.2, -0.15) is 0 Å². The van der Waals surface area contributed by atoms with Crippen LogP contribution >= 0.6 is 0 Å². The van der Waals surface area contributed by atoms with E-state index in [4.69, 9.17) is 19.2 Å². The maximum Gasteiger partial charge on any atom is 0.255 e. The fourth-order valence-electron chi connectivity index (χ4n) is 13.3. The summed E-state index contributed by atoms with van der Waals surface area (Å²) < 4.78 is 29.3. The first-order chi connectivity index (χ1) is 38.2. The second kappa shape index (κ2) is 16.3. The maximum absolute atomic E-state index is 7.47. The van der Waals surface area contributed by atoms with Crippen LogP contribution in [0.15, 0.2) is 249 Å². The molecule has 0 bridgehead atoms. The average Bonchev–Trinajstić information content (AvgIpc) is 4.38. The minimum absolute atomic E-state index is 0.220. The first kappa shape index (κ1) is 42.4. The molecule has 14 aromatic rings. The molecule has 6 heterocycles. The maximum atomic E-state index is 7.47. The van der Waals surface area contributed by atoms with Crippen LogP contribution in [0.3, 0.4) is 0 Å². The Balaban J connectivity index is 0.960. The lowest BCUT2D eigenvalue weighted by molar-refractivity contribution is 0.453. The lowest BCUT2D eigenvalue weighted by atomic mass is 9.28. The van der Waals surface area contributed by atoms with Crippen LogP contribution in [0.25, 0.3) is 61.0 Å². The molecular formula is C67H41B3N4O3. The van der Waals surface area contributed by atoms with Crippen LogP contribution in [0.2, 0.25) is 0 Å². The van der Waals surface area contributed by atoms with Gasteiger partial charge in [0.2, 0.25) is 5.78 Å². The average molecular weight is 983 g/mol. The van der Waals surface area contributed by atoms with Crippen molar-refractivity contribution in [2.75, 3.05) is 0 Å². The molecule has 3 aromatic heterocycles. The van der Waals surface area contributed by atoms with E-state index in [1.807, 2.05) is 0 Å². The number of nitrogens with zero attached hydrogens (tertiary/aromatic N) is 4. The zero-order valence-electron chi connectivity index (χ0n) is 41.4. The van der Waals surface area contributed by atoms with E-state index in [0.717, 1.165) is 145 Å². The summed E-state index contributed by atoms with van der Waals surface area (Å²) in [6, 6.07) is 88.7. The zero-order chi connectivity index (χ0) is 50.3. The third-order valence-electron chi connectivity index (χ3n) is 16.4. The molecule has 11 aromatic carbocycles. The fourth-order valence-corrected chi connectivity index (χ4v) is 13.3. The molecule has 0 fully saturated rings. The Hall–Kier alpha value is -9.92. The van der Waals surface area contributed by atoms with E-state index in [0.29, 0.717) is 0 Å². The van der Waals surface area contributed by atoms with Gasteiger partial charge in [0.15, 0.2) is 0 Å². The van der Waals surface area contributed by atoms with E-state index in [-0.39, 0.29) is 20.1 Å². The van der Waals surface area contributed by atoms with Crippen molar-refractivity contribution < 1.29 is 14.2 Å². The second-order valence-corrected chi connectivity index (χ2v) is 20.5. The van der Waals surface area contributed by atoms with E-state index < -0.39 is 0 Å². The SMILES string of the molecule is c1ccc(B2c3ccccc3Oc3c2c2c(c4c3B(c3cccc(-n5c6ccccc6c6ccc7c(nc8n(-c9ccccc9)c9ccccc9n78)c65)c3)c3ccccc3O4)B(c3ccccc3)c3ccccc3O2)cc1. The van der Waals surface area contributed by atoms with Gasteiger partial charge in [0, 0.05) is 38.5 Å². The summed E-state index contributed by atoms with van der Waals surface area (Å²) in [5, 5.41) is 2.31. The molecule has 0 N–H and O–H groups in total. The van der Waals surface area contributed by atoms with E-state index >= 15 is 0 Å². The standard InChI is InChI=1S/C67H41B3N4O3/c1-4-21-42(22-5-1)68-49-30-11-17-36-56(49)75-64-59-65(76-57-37-18-12-31-50(57)69(59)43-23-6-2-7-24-43)61-66(60(64)68)77-58-38-19-13-32-51(58)70(61)44-25-20-28-46(41-44)72-52-33-14-10-29-47(52)48-39-40-55-62(63(48)72)71-67-73(45-26-8-3-9-27-45)53-34-15-16-35-54(53)74(55)67/h1-41H. The molecule has 3 aliphatic heterocycles. The molecule has 7 nitrogen and oxygen atoms in total. The van der Waals surface area contributed by atoms with Gasteiger partial charge in [-0.05, 0) is 89.2 Å². The molecule has 10 heteroatoms. The van der Waals surface area contributed by atoms with Crippen LogP contribution in [0.5, 0.6) is 34.5 Å². The number of aromatic nitrogens is 4. The number of hydrogen-bond donors (Lipinski definition) is 0. The monoisotopic (exact) mass is 982 g/mol. The normalized spacial score (nSPS) is 13.2. The van der Waals surface area contributed by atoms with Crippen molar-refractivity contribution in [1.82, 2.24) is 18.5 Å². The van der Waals surface area contributed by atoms with E-state index in [1.54, 1.807) is 0 Å². The van der Waals surface area contributed by atoms with Crippen molar-refractivity contribution >= 4 is 119 Å². The van der Waals surface area contributed by atoms with Crippen LogP contribution in [-0.2, 0) is 0 Å². The number of para-hydroxylation sites is 7. The number of fused-ring (bicyclic) bond motifs is 18. The van der Waals surface area contributed by atoms with Crippen molar-refractivity contribution in [2.45, 2.75) is 0 Å². The summed E-state index contributed by atoms with van der Waals surface area (Å²) in [7, 11) is 0. The van der Waals surface area contributed by atoms with Crippen LogP contribution in [0, 0.1) is 0 Å². The van der Waals surface area contributed by atoms with Gasteiger partial charge in [0.25, 0.3) is 20.1 Å². The molecule has 0 spiro atoms. The lowest BCUT2D eigenvalue weighted by Crippen LogP contribution is -2.66. The molecule has 17 rings (SSSR count). The van der Waals surface area contributed by atoms with Crippen molar-refractivity contribution in [2.24, 2.45) is 0 Å². The number of rotatable bonds is 5. The molecular weight excluding hydrogens is 941 g/mol. The van der Waals surface area contributed by atoms with Crippen LogP contribution < -0.4 is 63.4 Å². The van der Waals surface area contributed by atoms with Gasteiger partial charge in [-0.1, -0.05) is 192 Å². The number of ether oxygens (including phenoxy) is 3. The van der Waals surface area contributed by atoms with Crippen molar-refractivity contribution in [3.8, 4) is 45.9 Å². The van der Waals surface area contributed by atoms with Crippen LogP contribution in [0.4, 0.5) is 0 Å². The topological polar surface area (TPSA) is 54.9 Å². The predicted octanol–water partition coefficient (Wildman–Crippen LogP) is 9.39. The minimum Gasteiger partial charge on any atom is -0.459 e. The highest BCUT2D eigenvalue weighted by molar-refractivity contribution is 7.04. The summed E-state index contributed by atoms with van der Waals surface area (Å²) in [4.78, 5) is 5.66. The predicted molar refractivity (Wildman–Crippen MR) is 317 cm³/mol. The third-order valence-corrected chi connectivity index (χ3v) is 16.4. The molecule has 0 saturated carbocycles. The summed E-state index contributed by atoms with van der Waals surface area (Å²) in [5.41, 5.74) is 18.0. The minimum atomic E-state index is -0.329. The van der Waals surface area contributed by atoms with E-state index in [2.05, 4.69) is 262 Å². The number of benzene rings is 11. The first-order valence-electron chi connectivity index (χ1n) is 26.4. The highest BCUT2D eigenvalue weighted by Crippen LogP contribution is 2.41. The molecule has 0 radical (unpaired) electrons. The van der Waals surface area contributed by atoms with Crippen LogP contribution in [0.1, 0.15) is 0 Å². The summed E-state index contributed by atoms with van der Waals surface area (Å²) in [5.74, 6) is 5.60. The number of hydrogen-bond acceptors (Lipinski definition) is 4. The lowest BCUT2D eigenvalue weighted by Gasteiger charge is -2.39. The Labute approximate surface area is 444 Å². The Morgan fingerprint density at radius 2 is 0.779 bits per heavy atom. The van der Waals surface area contributed by atoms with Gasteiger partial charge in [-0.3, -0.25) is 8.97 Å². The largest absolute Gasteiger partial charge is 0.459 e. The molecule has 3 aliphatic rings. The molecule has 0 saturated heterocycles. The van der Waals surface area contributed by atoms with Crippen molar-refractivity contribution in [3.05, 3.63) is 249 Å². The Morgan fingerprint density at radius 1 is 0.325 bits per heavy atom. The summed E-state index contributed by atoms with van der Waals surface area (Å²) in [6.07, 6.45) is 0. The highest BCUT2D eigenvalue weighted by Gasteiger charge is 2.49. The van der Waals surface area contributed by atoms with Gasteiger partial charge in [-0.25, -0.2) is 4.98 Å². The van der Waals surface area contributed by atoms with Gasteiger partial charge in [0.1, 0.15) is 40.0 Å². The summed E-state index contributed by atoms with van der Waals surface area (Å²) in [6.45, 7) is -0.769. The van der Waals surface area contributed by atoms with Crippen molar-refractivity contribution in [1.29, 1.82) is 0 Å². The van der Waals surface area contributed by atoms with Gasteiger partial charge in [-0.15, -0.1) is 0 Å². The second-order valence-electron chi connectivity index (χ2n) is 20.5. The molecule has 0 amide bonds. The highest BCUT2D eigenvalue weighted by atomic mass is 16.5. The molecule has 77 heavy (non-hydrogen) atoms. The van der Waals surface area contributed by atoms with Crippen LogP contribution in [-0.4, -0.2) is 38.7 Å². The smallest absolute Gasteiger partial charge is 0.255 e. The Kier molecular flexibility index (Phi) is 8.98. The fraction of sp³-hybridized carbons (Fsp3) is 0. The van der Waals surface area contributed by atoms with Crippen molar-refractivity contribution in [3.63, 3.8) is 0 Å². The third kappa shape index (κ3) is 6.03. The van der Waals surface area contributed by atoms with E-state index in [1.165, 1.54) is 0 Å². The molecule has 0 aliphatic carbocycles. The van der Waals surface area contributed by atoms with Gasteiger partial charge < -0.3 is 18.8 Å². The molecule has 0 atom stereocenters. The van der Waals surface area contributed by atoms with Gasteiger partial charge >= 0.3 is 0 Å². The summed E-state index contributed by atoms with van der Waals surface area (Å²) >= 11 is 0. The molecule has 356 valence electrons. The van der Waals surface area contributed by atoms with Gasteiger partial charge in [0.05, 0.1) is 27.6 Å². The van der Waals surface area contributed by atoms with E-state index in [9.17, 15) is 0 Å². The Morgan fingerprint density at radius 3 is 1.36 bits per heavy atom. The first-order valence-corrected chi connectivity index (χ1v) is 26.4. The zero-order valence-corrected chi connectivity index (χ0v) is 41.4. The Bertz CT molecular complexity index is 4680. The number of imidazole rings is 2.